The van der Waals surface area contributed by atoms with Gasteiger partial charge < -0.3 is 19.6 Å². The standard InChI is InChI=1S/C21H22FNO4/c1-12(2)11-26-17-9-16-18(8-14(17)10-24)27-20(19(16)21(25)23-3)13-4-6-15(22)7-5-13/h4-9,12,24H,10-11H2,1-3H3,(H,23,25). The molecule has 27 heavy (non-hydrogen) atoms. The fraction of sp³-hybridized carbons (Fsp3) is 0.286. The van der Waals surface area contributed by atoms with Gasteiger partial charge in [-0.15, -0.1) is 0 Å². The molecule has 5 nitrogen and oxygen atoms in total. The van der Waals surface area contributed by atoms with Gasteiger partial charge in [0.15, 0.2) is 0 Å². The van der Waals surface area contributed by atoms with Gasteiger partial charge in [0, 0.05) is 23.6 Å². The maximum absolute atomic E-state index is 13.3. The highest BCUT2D eigenvalue weighted by Crippen LogP contribution is 2.37. The molecule has 1 amide bonds. The van der Waals surface area contributed by atoms with Gasteiger partial charge in [0.2, 0.25) is 0 Å². The fourth-order valence-corrected chi connectivity index (χ4v) is 2.83. The van der Waals surface area contributed by atoms with Crippen molar-refractivity contribution in [2.45, 2.75) is 20.5 Å². The highest BCUT2D eigenvalue weighted by atomic mass is 19.1. The third-order valence-corrected chi connectivity index (χ3v) is 4.17. The van der Waals surface area contributed by atoms with E-state index in [1.165, 1.54) is 19.2 Å². The number of fused-ring (bicyclic) bond motifs is 1. The van der Waals surface area contributed by atoms with Crippen LogP contribution < -0.4 is 10.1 Å². The molecule has 0 saturated carbocycles. The minimum absolute atomic E-state index is 0.217. The Morgan fingerprint density at radius 1 is 1.26 bits per heavy atom. The van der Waals surface area contributed by atoms with Crippen LogP contribution in [0.1, 0.15) is 29.8 Å². The molecule has 0 bridgehead atoms. The summed E-state index contributed by atoms with van der Waals surface area (Å²) in [5.74, 6) is 0.470. The number of aliphatic hydroxyl groups excluding tert-OH is 1. The molecular formula is C21H22FNO4. The van der Waals surface area contributed by atoms with E-state index in [-0.39, 0.29) is 18.3 Å². The summed E-state index contributed by atoms with van der Waals surface area (Å²) in [5, 5.41) is 12.9. The molecule has 1 aromatic heterocycles. The second-order valence-electron chi connectivity index (χ2n) is 6.71. The van der Waals surface area contributed by atoms with Crippen molar-refractivity contribution in [3.63, 3.8) is 0 Å². The van der Waals surface area contributed by atoms with E-state index in [4.69, 9.17) is 9.15 Å². The van der Waals surface area contributed by atoms with Gasteiger partial charge in [-0.2, -0.15) is 0 Å². The zero-order valence-corrected chi connectivity index (χ0v) is 15.5. The van der Waals surface area contributed by atoms with Crippen molar-refractivity contribution >= 4 is 16.9 Å². The smallest absolute Gasteiger partial charge is 0.255 e. The van der Waals surface area contributed by atoms with E-state index in [1.807, 2.05) is 13.8 Å². The number of hydrogen-bond acceptors (Lipinski definition) is 4. The van der Waals surface area contributed by atoms with Crippen LogP contribution in [0.5, 0.6) is 5.75 Å². The van der Waals surface area contributed by atoms with Crippen LogP contribution in [0.15, 0.2) is 40.8 Å². The molecule has 6 heteroatoms. The van der Waals surface area contributed by atoms with Crippen molar-refractivity contribution in [1.29, 1.82) is 0 Å². The van der Waals surface area contributed by atoms with Crippen molar-refractivity contribution in [3.8, 4) is 17.1 Å². The Labute approximate surface area is 156 Å². The maximum atomic E-state index is 13.3. The molecule has 2 N–H and O–H groups in total. The molecule has 0 radical (unpaired) electrons. The van der Waals surface area contributed by atoms with Gasteiger partial charge in [0.25, 0.3) is 5.91 Å². The Morgan fingerprint density at radius 3 is 2.56 bits per heavy atom. The van der Waals surface area contributed by atoms with Crippen molar-refractivity contribution in [2.24, 2.45) is 5.92 Å². The zero-order valence-electron chi connectivity index (χ0n) is 15.5. The van der Waals surface area contributed by atoms with Crippen LogP contribution in [0, 0.1) is 11.7 Å². The van der Waals surface area contributed by atoms with Crippen LogP contribution in [0.2, 0.25) is 0 Å². The molecule has 1 heterocycles. The molecule has 0 unspecified atom stereocenters. The summed E-state index contributed by atoms with van der Waals surface area (Å²) in [7, 11) is 1.54. The highest BCUT2D eigenvalue weighted by molar-refractivity contribution is 6.11. The number of aliphatic hydroxyl groups is 1. The van der Waals surface area contributed by atoms with Crippen LogP contribution >= 0.6 is 0 Å². The average Bonchev–Trinajstić information content (AvgIpc) is 3.03. The number of benzene rings is 2. The fourth-order valence-electron chi connectivity index (χ4n) is 2.83. The average molecular weight is 371 g/mol. The second kappa shape index (κ2) is 7.80. The van der Waals surface area contributed by atoms with Crippen molar-refractivity contribution in [1.82, 2.24) is 5.32 Å². The summed E-state index contributed by atoms with van der Waals surface area (Å²) in [6, 6.07) is 9.12. The Hall–Kier alpha value is -2.86. The summed E-state index contributed by atoms with van der Waals surface area (Å²) in [6.07, 6.45) is 0. The van der Waals surface area contributed by atoms with Crippen LogP contribution in [0.3, 0.4) is 0 Å². The zero-order chi connectivity index (χ0) is 19.6. The number of rotatable bonds is 6. The lowest BCUT2D eigenvalue weighted by molar-refractivity contribution is 0.0964. The first-order valence-electron chi connectivity index (χ1n) is 8.75. The first kappa shape index (κ1) is 18.9. The van der Waals surface area contributed by atoms with Gasteiger partial charge in [-0.3, -0.25) is 4.79 Å². The van der Waals surface area contributed by atoms with E-state index in [1.54, 1.807) is 24.3 Å². The number of amides is 1. The number of furan rings is 1. The number of ether oxygens (including phenoxy) is 1. The monoisotopic (exact) mass is 371 g/mol. The molecular weight excluding hydrogens is 349 g/mol. The largest absolute Gasteiger partial charge is 0.493 e. The van der Waals surface area contributed by atoms with Gasteiger partial charge >= 0.3 is 0 Å². The highest BCUT2D eigenvalue weighted by Gasteiger charge is 2.23. The van der Waals surface area contributed by atoms with Crippen LogP contribution in [0.25, 0.3) is 22.3 Å². The van der Waals surface area contributed by atoms with Gasteiger partial charge in [-0.05, 0) is 42.3 Å². The number of carbonyl (C=O) groups excluding carboxylic acids is 1. The second-order valence-corrected chi connectivity index (χ2v) is 6.71. The summed E-state index contributed by atoms with van der Waals surface area (Å²) in [5.41, 5.74) is 1.96. The van der Waals surface area contributed by atoms with Crippen molar-refractivity contribution in [2.75, 3.05) is 13.7 Å². The minimum atomic E-state index is -0.372. The molecule has 0 spiro atoms. The first-order chi connectivity index (χ1) is 12.9. The predicted molar refractivity (Wildman–Crippen MR) is 101 cm³/mol. The number of carbonyl (C=O) groups is 1. The molecule has 2 aromatic carbocycles. The number of hydrogen-bond donors (Lipinski definition) is 2. The van der Waals surface area contributed by atoms with Gasteiger partial charge in [-0.25, -0.2) is 4.39 Å². The third-order valence-electron chi connectivity index (χ3n) is 4.17. The Kier molecular flexibility index (Phi) is 5.46. The Morgan fingerprint density at radius 2 is 1.96 bits per heavy atom. The predicted octanol–water partition coefficient (Wildman–Crippen LogP) is 4.13. The van der Waals surface area contributed by atoms with Gasteiger partial charge in [0.1, 0.15) is 22.9 Å². The van der Waals surface area contributed by atoms with Crippen LogP contribution in [-0.2, 0) is 6.61 Å². The Bertz CT molecular complexity index is 960. The van der Waals surface area contributed by atoms with E-state index in [2.05, 4.69) is 5.32 Å². The molecule has 3 rings (SSSR count). The van der Waals surface area contributed by atoms with Crippen molar-refractivity contribution < 1.29 is 23.4 Å². The molecule has 3 aromatic rings. The quantitative estimate of drug-likeness (QED) is 0.684. The summed E-state index contributed by atoms with van der Waals surface area (Å²) in [4.78, 5) is 12.5. The first-order valence-corrected chi connectivity index (χ1v) is 8.75. The van der Waals surface area contributed by atoms with E-state index >= 15 is 0 Å². The molecule has 142 valence electrons. The van der Waals surface area contributed by atoms with E-state index in [9.17, 15) is 14.3 Å². The topological polar surface area (TPSA) is 71.7 Å². The van der Waals surface area contributed by atoms with Gasteiger partial charge in [0.05, 0.1) is 18.8 Å². The molecule has 0 aliphatic heterocycles. The normalized spacial score (nSPS) is 11.2. The van der Waals surface area contributed by atoms with E-state index in [0.29, 0.717) is 51.7 Å². The molecule has 0 atom stereocenters. The summed E-state index contributed by atoms with van der Waals surface area (Å²) < 4.78 is 25.0. The summed E-state index contributed by atoms with van der Waals surface area (Å²) >= 11 is 0. The molecule has 0 aliphatic rings. The lowest BCUT2D eigenvalue weighted by atomic mass is 10.0. The third kappa shape index (κ3) is 3.80. The molecule has 0 aliphatic carbocycles. The lowest BCUT2D eigenvalue weighted by Crippen LogP contribution is -2.18. The summed E-state index contributed by atoms with van der Waals surface area (Å²) in [6.45, 7) is 4.32. The van der Waals surface area contributed by atoms with Gasteiger partial charge in [-0.1, -0.05) is 13.8 Å². The Balaban J connectivity index is 2.21. The lowest BCUT2D eigenvalue weighted by Gasteiger charge is -2.12. The minimum Gasteiger partial charge on any atom is -0.493 e. The molecule has 0 fully saturated rings. The van der Waals surface area contributed by atoms with E-state index < -0.39 is 0 Å². The van der Waals surface area contributed by atoms with E-state index in [0.717, 1.165) is 0 Å². The van der Waals surface area contributed by atoms with Crippen LogP contribution in [-0.4, -0.2) is 24.7 Å². The van der Waals surface area contributed by atoms with Crippen LogP contribution in [0.4, 0.5) is 4.39 Å². The van der Waals surface area contributed by atoms with Crippen molar-refractivity contribution in [3.05, 3.63) is 53.3 Å². The maximum Gasteiger partial charge on any atom is 0.255 e. The number of halogens is 1. The molecule has 0 saturated heterocycles. The SMILES string of the molecule is CNC(=O)c1c(-c2ccc(F)cc2)oc2cc(CO)c(OCC(C)C)cc12. The number of nitrogens with one attached hydrogen (secondary N) is 1.